The maximum Gasteiger partial charge on any atom is 0.278 e. The third kappa shape index (κ3) is 2.38. The molecular formula is C12H10N2OS. The van der Waals surface area contributed by atoms with Gasteiger partial charge in [0.15, 0.2) is 0 Å². The van der Waals surface area contributed by atoms with E-state index in [-0.39, 0.29) is 5.92 Å². The summed E-state index contributed by atoms with van der Waals surface area (Å²) in [5, 5.41) is 11.3. The number of ether oxygens (including phenoxy) is 1. The van der Waals surface area contributed by atoms with Gasteiger partial charge in [0.25, 0.3) is 5.19 Å². The average molecular weight is 230 g/mol. The zero-order valence-corrected chi connectivity index (χ0v) is 9.57. The molecule has 2 aromatic rings. The largest absolute Gasteiger partial charge is 0.431 e. The molecule has 1 aromatic carbocycles. The van der Waals surface area contributed by atoms with Crippen molar-refractivity contribution in [2.24, 2.45) is 0 Å². The third-order valence-electron chi connectivity index (χ3n) is 2.19. The van der Waals surface area contributed by atoms with E-state index in [9.17, 15) is 0 Å². The van der Waals surface area contributed by atoms with Gasteiger partial charge in [-0.25, -0.2) is 4.98 Å². The number of hydrogen-bond acceptors (Lipinski definition) is 4. The van der Waals surface area contributed by atoms with Crippen LogP contribution in [-0.4, -0.2) is 4.98 Å². The second kappa shape index (κ2) is 4.77. The Labute approximate surface area is 97.9 Å². The number of nitrogens with zero attached hydrogens (tertiary/aromatic N) is 2. The van der Waals surface area contributed by atoms with Crippen LogP contribution in [0.25, 0.3) is 0 Å². The summed E-state index contributed by atoms with van der Waals surface area (Å²) in [4.78, 5) is 4.03. The summed E-state index contributed by atoms with van der Waals surface area (Å²) in [6.07, 6.45) is 1.70. The van der Waals surface area contributed by atoms with Crippen molar-refractivity contribution in [1.82, 2.24) is 4.98 Å². The van der Waals surface area contributed by atoms with Crippen molar-refractivity contribution >= 4 is 11.3 Å². The molecule has 1 unspecified atom stereocenters. The summed E-state index contributed by atoms with van der Waals surface area (Å²) in [5.74, 6) is 0.651. The Morgan fingerprint density at radius 1 is 1.38 bits per heavy atom. The van der Waals surface area contributed by atoms with E-state index in [1.165, 1.54) is 11.3 Å². The Morgan fingerprint density at radius 2 is 2.12 bits per heavy atom. The molecular weight excluding hydrogens is 220 g/mol. The second-order valence-corrected chi connectivity index (χ2v) is 4.18. The molecule has 2 rings (SSSR count). The van der Waals surface area contributed by atoms with Crippen LogP contribution in [0, 0.1) is 11.3 Å². The first-order valence-electron chi connectivity index (χ1n) is 4.86. The monoisotopic (exact) mass is 230 g/mol. The first kappa shape index (κ1) is 10.7. The summed E-state index contributed by atoms with van der Waals surface area (Å²) in [6, 6.07) is 9.70. The normalized spacial score (nSPS) is 11.8. The van der Waals surface area contributed by atoms with Gasteiger partial charge in [-0.3, -0.25) is 0 Å². The first-order valence-corrected chi connectivity index (χ1v) is 5.74. The van der Waals surface area contributed by atoms with Crippen LogP contribution in [0.15, 0.2) is 35.8 Å². The molecule has 0 saturated carbocycles. The van der Waals surface area contributed by atoms with E-state index in [0.717, 1.165) is 11.3 Å². The molecule has 1 aromatic heterocycles. The molecule has 0 aliphatic heterocycles. The highest BCUT2D eigenvalue weighted by Gasteiger charge is 2.04. The smallest absolute Gasteiger partial charge is 0.278 e. The number of aromatic nitrogens is 1. The van der Waals surface area contributed by atoms with E-state index in [2.05, 4.69) is 11.1 Å². The Kier molecular flexibility index (Phi) is 3.18. The van der Waals surface area contributed by atoms with Crippen molar-refractivity contribution < 1.29 is 4.74 Å². The number of nitriles is 1. The average Bonchev–Trinajstić information content (AvgIpc) is 2.82. The van der Waals surface area contributed by atoms with Gasteiger partial charge in [-0.05, 0) is 24.6 Å². The summed E-state index contributed by atoms with van der Waals surface area (Å²) in [7, 11) is 0. The fraction of sp³-hybridized carbons (Fsp3) is 0.167. The van der Waals surface area contributed by atoms with Gasteiger partial charge >= 0.3 is 0 Å². The Balaban J connectivity index is 2.11. The summed E-state index contributed by atoms with van der Waals surface area (Å²) in [5.41, 5.74) is 0.994. The van der Waals surface area contributed by atoms with Gasteiger partial charge in [0, 0.05) is 11.6 Å². The number of rotatable bonds is 3. The van der Waals surface area contributed by atoms with E-state index in [0.29, 0.717) is 5.19 Å². The Morgan fingerprint density at radius 3 is 2.69 bits per heavy atom. The van der Waals surface area contributed by atoms with Crippen molar-refractivity contribution in [2.45, 2.75) is 12.8 Å². The number of hydrogen-bond donors (Lipinski definition) is 0. The molecule has 0 amide bonds. The molecule has 0 bridgehead atoms. The second-order valence-electron chi connectivity index (χ2n) is 3.32. The molecule has 0 saturated heterocycles. The van der Waals surface area contributed by atoms with Crippen molar-refractivity contribution in [2.75, 3.05) is 0 Å². The Hall–Kier alpha value is -1.86. The van der Waals surface area contributed by atoms with Gasteiger partial charge in [0.05, 0.1) is 12.0 Å². The highest BCUT2D eigenvalue weighted by atomic mass is 32.1. The molecule has 1 heterocycles. The van der Waals surface area contributed by atoms with Gasteiger partial charge in [-0.2, -0.15) is 5.26 Å². The van der Waals surface area contributed by atoms with Crippen LogP contribution < -0.4 is 4.74 Å². The molecule has 0 fully saturated rings. The minimum atomic E-state index is -0.0890. The van der Waals surface area contributed by atoms with Crippen molar-refractivity contribution in [3.63, 3.8) is 0 Å². The lowest BCUT2D eigenvalue weighted by Gasteiger charge is -2.04. The van der Waals surface area contributed by atoms with Gasteiger partial charge in [-0.1, -0.05) is 23.5 Å². The molecule has 0 radical (unpaired) electrons. The predicted molar refractivity (Wildman–Crippen MR) is 62.7 cm³/mol. The van der Waals surface area contributed by atoms with E-state index < -0.39 is 0 Å². The quantitative estimate of drug-likeness (QED) is 0.809. The number of benzene rings is 1. The maximum absolute atomic E-state index is 8.78. The highest BCUT2D eigenvalue weighted by molar-refractivity contribution is 7.11. The van der Waals surface area contributed by atoms with Crippen LogP contribution in [0.1, 0.15) is 18.4 Å². The summed E-state index contributed by atoms with van der Waals surface area (Å²) in [6.45, 7) is 1.87. The van der Waals surface area contributed by atoms with Crippen LogP contribution >= 0.6 is 11.3 Å². The van der Waals surface area contributed by atoms with Crippen LogP contribution in [0.4, 0.5) is 0 Å². The minimum absolute atomic E-state index is 0.0890. The zero-order chi connectivity index (χ0) is 11.4. The Bertz CT molecular complexity index is 485. The molecule has 0 N–H and O–H groups in total. The number of thiazole rings is 1. The molecule has 4 heteroatoms. The van der Waals surface area contributed by atoms with Crippen LogP contribution in [0.2, 0.25) is 0 Å². The van der Waals surface area contributed by atoms with Crippen molar-refractivity contribution in [3.05, 3.63) is 41.4 Å². The summed E-state index contributed by atoms with van der Waals surface area (Å²) >= 11 is 1.45. The van der Waals surface area contributed by atoms with Crippen molar-refractivity contribution in [3.8, 4) is 17.0 Å². The van der Waals surface area contributed by atoms with E-state index >= 15 is 0 Å². The van der Waals surface area contributed by atoms with Gasteiger partial charge in [-0.15, -0.1) is 0 Å². The van der Waals surface area contributed by atoms with Crippen molar-refractivity contribution in [1.29, 1.82) is 5.26 Å². The molecule has 1 atom stereocenters. The summed E-state index contributed by atoms with van der Waals surface area (Å²) < 4.78 is 5.51. The highest BCUT2D eigenvalue weighted by Crippen LogP contribution is 2.25. The third-order valence-corrected chi connectivity index (χ3v) is 2.84. The lowest BCUT2D eigenvalue weighted by Crippen LogP contribution is -1.89. The lowest BCUT2D eigenvalue weighted by molar-refractivity contribution is 0.478. The maximum atomic E-state index is 8.78. The molecule has 0 aliphatic carbocycles. The molecule has 0 spiro atoms. The first-order chi connectivity index (χ1) is 7.79. The fourth-order valence-electron chi connectivity index (χ4n) is 1.26. The van der Waals surface area contributed by atoms with Gasteiger partial charge in [0.2, 0.25) is 0 Å². The zero-order valence-electron chi connectivity index (χ0n) is 8.75. The lowest BCUT2D eigenvalue weighted by atomic mass is 10.0. The minimum Gasteiger partial charge on any atom is -0.431 e. The van der Waals surface area contributed by atoms with E-state index in [1.54, 1.807) is 6.20 Å². The molecule has 0 aliphatic rings. The standard InChI is InChI=1S/C12H10N2OS/c1-9(8-13)10-2-4-11(5-3-10)15-12-14-6-7-16-12/h2-7,9H,1H3. The SMILES string of the molecule is CC(C#N)c1ccc(Oc2nccs2)cc1. The predicted octanol–water partition coefficient (Wildman–Crippen LogP) is 3.56. The van der Waals surface area contributed by atoms with E-state index in [4.69, 9.17) is 10.00 Å². The molecule has 3 nitrogen and oxygen atoms in total. The van der Waals surface area contributed by atoms with Crippen LogP contribution in [0.5, 0.6) is 10.9 Å². The van der Waals surface area contributed by atoms with E-state index in [1.807, 2.05) is 36.6 Å². The van der Waals surface area contributed by atoms with Crippen LogP contribution in [-0.2, 0) is 0 Å². The molecule has 80 valence electrons. The van der Waals surface area contributed by atoms with Crippen LogP contribution in [0.3, 0.4) is 0 Å². The van der Waals surface area contributed by atoms with Gasteiger partial charge in [0.1, 0.15) is 5.75 Å². The fourth-order valence-corrected chi connectivity index (χ4v) is 1.76. The topological polar surface area (TPSA) is 45.9 Å². The molecule has 16 heavy (non-hydrogen) atoms. The van der Waals surface area contributed by atoms with Gasteiger partial charge < -0.3 is 4.74 Å².